The highest BCUT2D eigenvalue weighted by Gasteiger charge is 2.21. The molecule has 1 heterocycles. The number of aryl methyl sites for hydroxylation is 1. The number of benzene rings is 2. The summed E-state index contributed by atoms with van der Waals surface area (Å²) in [6, 6.07) is 18.9. The summed E-state index contributed by atoms with van der Waals surface area (Å²) in [5.74, 6) is 0.791. The standard InChI is InChI=1S/C17H17NO/c1-13-7-5-6-10-16(13)17-18-15(12-19-17)11-14-8-3-2-4-9-14/h2-10,15H,11-12H2,1H3. The van der Waals surface area contributed by atoms with E-state index in [1.54, 1.807) is 0 Å². The zero-order valence-electron chi connectivity index (χ0n) is 11.0. The lowest BCUT2D eigenvalue weighted by Crippen LogP contribution is -2.09. The highest BCUT2D eigenvalue weighted by atomic mass is 16.5. The molecule has 2 aromatic carbocycles. The van der Waals surface area contributed by atoms with Gasteiger partial charge in [0.2, 0.25) is 5.90 Å². The molecular formula is C17H17NO. The van der Waals surface area contributed by atoms with Gasteiger partial charge in [0.1, 0.15) is 6.61 Å². The van der Waals surface area contributed by atoms with Crippen molar-refractivity contribution < 1.29 is 4.74 Å². The van der Waals surface area contributed by atoms with E-state index in [1.807, 2.05) is 18.2 Å². The highest BCUT2D eigenvalue weighted by Crippen LogP contribution is 2.18. The molecular weight excluding hydrogens is 234 g/mol. The molecule has 0 bridgehead atoms. The number of rotatable bonds is 3. The second-order valence-corrected chi connectivity index (χ2v) is 4.90. The molecule has 0 N–H and O–H groups in total. The van der Waals surface area contributed by atoms with Gasteiger partial charge in [0.25, 0.3) is 0 Å². The van der Waals surface area contributed by atoms with E-state index in [9.17, 15) is 0 Å². The van der Waals surface area contributed by atoms with Gasteiger partial charge in [-0.2, -0.15) is 0 Å². The molecule has 1 aliphatic rings. The first-order chi connectivity index (χ1) is 9.33. The predicted octanol–water partition coefficient (Wildman–Crippen LogP) is 3.38. The molecule has 0 radical (unpaired) electrons. The second-order valence-electron chi connectivity index (χ2n) is 4.90. The summed E-state index contributed by atoms with van der Waals surface area (Å²) >= 11 is 0. The highest BCUT2D eigenvalue weighted by molar-refractivity contribution is 5.96. The summed E-state index contributed by atoms with van der Waals surface area (Å²) in [4.78, 5) is 4.71. The van der Waals surface area contributed by atoms with Crippen LogP contribution >= 0.6 is 0 Å². The Morgan fingerprint density at radius 1 is 1.05 bits per heavy atom. The summed E-state index contributed by atoms with van der Waals surface area (Å²) in [5, 5.41) is 0. The van der Waals surface area contributed by atoms with Crippen molar-refractivity contribution in [2.24, 2.45) is 4.99 Å². The number of nitrogens with zero attached hydrogens (tertiary/aromatic N) is 1. The zero-order chi connectivity index (χ0) is 13.1. The Labute approximate surface area is 113 Å². The Morgan fingerprint density at radius 3 is 2.58 bits per heavy atom. The van der Waals surface area contributed by atoms with Crippen molar-refractivity contribution in [1.29, 1.82) is 0 Å². The van der Waals surface area contributed by atoms with Crippen LogP contribution in [0.5, 0.6) is 0 Å². The normalized spacial score (nSPS) is 17.9. The Morgan fingerprint density at radius 2 is 1.79 bits per heavy atom. The third-order valence-electron chi connectivity index (χ3n) is 3.40. The van der Waals surface area contributed by atoms with Gasteiger partial charge in [-0.3, -0.25) is 0 Å². The van der Waals surface area contributed by atoms with Crippen molar-refractivity contribution in [3.63, 3.8) is 0 Å². The number of hydrogen-bond donors (Lipinski definition) is 0. The zero-order valence-corrected chi connectivity index (χ0v) is 11.0. The van der Waals surface area contributed by atoms with Gasteiger partial charge in [0, 0.05) is 5.56 Å². The molecule has 0 aliphatic carbocycles. The average Bonchev–Trinajstić information content (AvgIpc) is 2.89. The fourth-order valence-corrected chi connectivity index (χ4v) is 2.37. The molecule has 0 fully saturated rings. The lowest BCUT2D eigenvalue weighted by atomic mass is 10.1. The molecule has 1 aliphatic heterocycles. The van der Waals surface area contributed by atoms with Crippen LogP contribution in [0, 0.1) is 6.92 Å². The number of ether oxygens (including phenoxy) is 1. The van der Waals surface area contributed by atoms with Gasteiger partial charge in [0.05, 0.1) is 6.04 Å². The Bertz CT molecular complexity index is 589. The van der Waals surface area contributed by atoms with E-state index < -0.39 is 0 Å². The van der Waals surface area contributed by atoms with E-state index in [2.05, 4.69) is 43.3 Å². The Kier molecular flexibility index (Phi) is 3.32. The van der Waals surface area contributed by atoms with Crippen LogP contribution in [0.15, 0.2) is 59.6 Å². The topological polar surface area (TPSA) is 21.6 Å². The van der Waals surface area contributed by atoms with Gasteiger partial charge in [-0.15, -0.1) is 0 Å². The maximum atomic E-state index is 5.75. The summed E-state index contributed by atoms with van der Waals surface area (Å²) in [6.07, 6.45) is 0.941. The maximum Gasteiger partial charge on any atom is 0.216 e. The molecule has 0 spiro atoms. The van der Waals surface area contributed by atoms with Gasteiger partial charge < -0.3 is 4.74 Å². The third-order valence-corrected chi connectivity index (χ3v) is 3.40. The van der Waals surface area contributed by atoms with E-state index in [-0.39, 0.29) is 6.04 Å². The molecule has 0 saturated carbocycles. The molecule has 1 unspecified atom stereocenters. The van der Waals surface area contributed by atoms with Crippen LogP contribution in [-0.2, 0) is 11.2 Å². The summed E-state index contributed by atoms with van der Waals surface area (Å²) in [7, 11) is 0. The first-order valence-electron chi connectivity index (χ1n) is 6.63. The van der Waals surface area contributed by atoms with Crippen molar-refractivity contribution in [1.82, 2.24) is 0 Å². The minimum absolute atomic E-state index is 0.233. The first kappa shape index (κ1) is 12.0. The van der Waals surface area contributed by atoms with E-state index in [4.69, 9.17) is 9.73 Å². The molecule has 0 aromatic heterocycles. The van der Waals surface area contributed by atoms with E-state index in [0.29, 0.717) is 6.61 Å². The van der Waals surface area contributed by atoms with E-state index >= 15 is 0 Å². The van der Waals surface area contributed by atoms with Crippen LogP contribution in [-0.4, -0.2) is 18.5 Å². The van der Waals surface area contributed by atoms with Crippen molar-refractivity contribution in [2.75, 3.05) is 6.61 Å². The number of hydrogen-bond acceptors (Lipinski definition) is 2. The first-order valence-corrected chi connectivity index (χ1v) is 6.63. The minimum Gasteiger partial charge on any atom is -0.475 e. The van der Waals surface area contributed by atoms with Crippen LogP contribution in [0.4, 0.5) is 0 Å². The molecule has 2 heteroatoms. The molecule has 0 saturated heterocycles. The van der Waals surface area contributed by atoms with E-state index in [0.717, 1.165) is 17.9 Å². The van der Waals surface area contributed by atoms with Gasteiger partial charge >= 0.3 is 0 Å². The molecule has 2 nitrogen and oxygen atoms in total. The van der Waals surface area contributed by atoms with Crippen LogP contribution in [0.25, 0.3) is 0 Å². The minimum atomic E-state index is 0.233. The lowest BCUT2D eigenvalue weighted by molar-refractivity contribution is 0.317. The smallest absolute Gasteiger partial charge is 0.216 e. The van der Waals surface area contributed by atoms with Crippen molar-refractivity contribution in [3.8, 4) is 0 Å². The summed E-state index contributed by atoms with van der Waals surface area (Å²) < 4.78 is 5.75. The van der Waals surface area contributed by atoms with Crippen LogP contribution < -0.4 is 0 Å². The van der Waals surface area contributed by atoms with Gasteiger partial charge in [-0.05, 0) is 30.5 Å². The molecule has 2 aromatic rings. The second kappa shape index (κ2) is 5.27. The molecule has 19 heavy (non-hydrogen) atoms. The van der Waals surface area contributed by atoms with Crippen molar-refractivity contribution >= 4 is 5.90 Å². The average molecular weight is 251 g/mol. The Balaban J connectivity index is 1.77. The van der Waals surface area contributed by atoms with Crippen molar-refractivity contribution in [2.45, 2.75) is 19.4 Å². The SMILES string of the molecule is Cc1ccccc1C1=NC(Cc2ccccc2)CO1. The maximum absolute atomic E-state index is 5.75. The third kappa shape index (κ3) is 2.68. The summed E-state index contributed by atoms with van der Waals surface area (Å²) in [6.45, 7) is 2.77. The molecule has 3 rings (SSSR count). The fraction of sp³-hybridized carbons (Fsp3) is 0.235. The molecule has 96 valence electrons. The number of aliphatic imine (C=N–C) groups is 1. The predicted molar refractivity (Wildman–Crippen MR) is 77.6 cm³/mol. The fourth-order valence-electron chi connectivity index (χ4n) is 2.37. The largest absolute Gasteiger partial charge is 0.475 e. The van der Waals surface area contributed by atoms with Crippen molar-refractivity contribution in [3.05, 3.63) is 71.3 Å². The quantitative estimate of drug-likeness (QED) is 0.819. The monoisotopic (exact) mass is 251 g/mol. The van der Waals surface area contributed by atoms with Gasteiger partial charge in [-0.25, -0.2) is 4.99 Å². The lowest BCUT2D eigenvalue weighted by Gasteiger charge is -2.04. The van der Waals surface area contributed by atoms with Gasteiger partial charge in [0.15, 0.2) is 0 Å². The molecule has 1 atom stereocenters. The molecule has 0 amide bonds. The van der Waals surface area contributed by atoms with Crippen LogP contribution in [0.3, 0.4) is 0 Å². The van der Waals surface area contributed by atoms with Crippen LogP contribution in [0.2, 0.25) is 0 Å². The van der Waals surface area contributed by atoms with E-state index in [1.165, 1.54) is 11.1 Å². The van der Waals surface area contributed by atoms with Crippen LogP contribution in [0.1, 0.15) is 16.7 Å². The van der Waals surface area contributed by atoms with Gasteiger partial charge in [-0.1, -0.05) is 48.5 Å². The summed E-state index contributed by atoms with van der Waals surface area (Å²) in [5.41, 5.74) is 3.63. The Hall–Kier alpha value is -2.09.